The highest BCUT2D eigenvalue weighted by Crippen LogP contribution is 2.41. The quantitative estimate of drug-likeness (QED) is 0.0821. The van der Waals surface area contributed by atoms with Crippen LogP contribution in [0.1, 0.15) is 91.9 Å². The number of nitrogens with zero attached hydrogens (tertiary/aromatic N) is 3. The van der Waals surface area contributed by atoms with E-state index >= 15 is 0 Å². The second kappa shape index (κ2) is 14.6. The minimum Gasteiger partial charge on any atom is -0.493 e. The van der Waals surface area contributed by atoms with E-state index in [0.717, 1.165) is 23.3 Å². The van der Waals surface area contributed by atoms with Crippen LogP contribution in [0.5, 0.6) is 5.75 Å². The van der Waals surface area contributed by atoms with E-state index in [0.29, 0.717) is 26.1 Å². The average molecular weight is 546 g/mol. The molecule has 1 aliphatic rings. The van der Waals surface area contributed by atoms with Crippen LogP contribution in [0.15, 0.2) is 23.3 Å². The lowest BCUT2D eigenvalue weighted by Crippen LogP contribution is -2.32. The predicted octanol–water partition coefficient (Wildman–Crippen LogP) is 6.93. The van der Waals surface area contributed by atoms with E-state index < -0.39 is 24.2 Å². The summed E-state index contributed by atoms with van der Waals surface area (Å²) in [6.07, 6.45) is 0.531. The molecule has 0 aliphatic carbocycles. The van der Waals surface area contributed by atoms with Crippen molar-refractivity contribution in [2.45, 2.75) is 98.3 Å². The van der Waals surface area contributed by atoms with Crippen LogP contribution in [0.2, 0.25) is 0 Å². The number of azide groups is 1. The van der Waals surface area contributed by atoms with Crippen LogP contribution < -0.4 is 4.74 Å². The van der Waals surface area contributed by atoms with Crippen molar-refractivity contribution < 1.29 is 28.5 Å². The topological polar surface area (TPSA) is 120 Å². The Balaban J connectivity index is 2.47. The molecule has 0 aromatic heterocycles. The maximum absolute atomic E-state index is 12.5. The van der Waals surface area contributed by atoms with E-state index in [2.05, 4.69) is 44.6 Å². The molecule has 0 N–H and O–H groups in total. The summed E-state index contributed by atoms with van der Waals surface area (Å²) in [5.74, 6) is -0.144. The minimum absolute atomic E-state index is 0.0668. The molecule has 0 amide bonds. The van der Waals surface area contributed by atoms with Gasteiger partial charge in [0.05, 0.1) is 18.6 Å². The van der Waals surface area contributed by atoms with E-state index in [9.17, 15) is 15.1 Å². The minimum atomic E-state index is -0.604. The first-order valence-corrected chi connectivity index (χ1v) is 14.0. The van der Waals surface area contributed by atoms with Gasteiger partial charge in [-0.15, -0.1) is 0 Å². The SMILES string of the molecule is COCCCOc1cc([C@H](OC(C)=O)[C@@H](C[C@H](N=[N+]=[N-])[C@@H]2C[C@@H](C(C)C)C(=O)O2)C(C)C)ccc1C(C)(C)C. The Labute approximate surface area is 233 Å². The third kappa shape index (κ3) is 9.14. The number of benzene rings is 1. The van der Waals surface area contributed by atoms with Crippen LogP contribution >= 0.6 is 0 Å². The largest absolute Gasteiger partial charge is 0.493 e. The van der Waals surface area contributed by atoms with Crippen molar-refractivity contribution in [3.8, 4) is 5.75 Å². The van der Waals surface area contributed by atoms with Gasteiger partial charge in [-0.3, -0.25) is 9.59 Å². The van der Waals surface area contributed by atoms with Gasteiger partial charge in [-0.25, -0.2) is 0 Å². The molecule has 0 saturated carbocycles. The fourth-order valence-corrected chi connectivity index (χ4v) is 5.20. The molecule has 1 saturated heterocycles. The molecular formula is C30H47N3O6. The van der Waals surface area contributed by atoms with Crippen LogP contribution in [0, 0.1) is 23.7 Å². The average Bonchev–Trinajstić information content (AvgIpc) is 3.24. The molecule has 9 nitrogen and oxygen atoms in total. The van der Waals surface area contributed by atoms with E-state index in [1.54, 1.807) is 7.11 Å². The molecule has 1 aromatic carbocycles. The molecule has 2 rings (SSSR count). The van der Waals surface area contributed by atoms with Gasteiger partial charge in [0.1, 0.15) is 18.0 Å². The van der Waals surface area contributed by atoms with E-state index in [4.69, 9.17) is 18.9 Å². The Hall–Kier alpha value is -2.77. The molecule has 1 aliphatic heterocycles. The van der Waals surface area contributed by atoms with Gasteiger partial charge >= 0.3 is 11.9 Å². The van der Waals surface area contributed by atoms with Crippen molar-refractivity contribution in [1.29, 1.82) is 0 Å². The molecule has 1 aromatic rings. The number of cyclic esters (lactones) is 1. The summed E-state index contributed by atoms with van der Waals surface area (Å²) < 4.78 is 23.0. The Morgan fingerprint density at radius 2 is 1.90 bits per heavy atom. The van der Waals surface area contributed by atoms with Crippen molar-refractivity contribution in [2.24, 2.45) is 28.8 Å². The summed E-state index contributed by atoms with van der Waals surface area (Å²) in [4.78, 5) is 27.9. The van der Waals surface area contributed by atoms with E-state index in [1.165, 1.54) is 6.92 Å². The van der Waals surface area contributed by atoms with Gasteiger partial charge in [0, 0.05) is 37.9 Å². The monoisotopic (exact) mass is 545 g/mol. The van der Waals surface area contributed by atoms with Crippen LogP contribution in [0.3, 0.4) is 0 Å². The summed E-state index contributed by atoms with van der Waals surface area (Å²) in [5, 5.41) is 4.06. The summed E-state index contributed by atoms with van der Waals surface area (Å²) in [6, 6.07) is 5.40. The van der Waals surface area contributed by atoms with Gasteiger partial charge in [0.2, 0.25) is 0 Å². The number of carbonyl (C=O) groups is 2. The number of carbonyl (C=O) groups excluding carboxylic acids is 2. The molecule has 1 fully saturated rings. The zero-order valence-corrected chi connectivity index (χ0v) is 25.1. The second-order valence-corrected chi connectivity index (χ2v) is 12.2. The molecular weight excluding hydrogens is 498 g/mol. The van der Waals surface area contributed by atoms with Crippen molar-refractivity contribution in [2.75, 3.05) is 20.3 Å². The Morgan fingerprint density at radius 1 is 1.21 bits per heavy atom. The summed E-state index contributed by atoms with van der Waals surface area (Å²) in [5.41, 5.74) is 11.1. The lowest BCUT2D eigenvalue weighted by molar-refractivity contribution is -0.151. The number of rotatable bonds is 14. The van der Waals surface area contributed by atoms with Crippen molar-refractivity contribution >= 4 is 11.9 Å². The van der Waals surface area contributed by atoms with Gasteiger partial charge in [0.15, 0.2) is 0 Å². The van der Waals surface area contributed by atoms with E-state index in [1.807, 2.05) is 32.0 Å². The number of methoxy groups -OCH3 is 1. The van der Waals surface area contributed by atoms with Crippen molar-refractivity contribution in [3.05, 3.63) is 39.8 Å². The fourth-order valence-electron chi connectivity index (χ4n) is 5.20. The normalized spacial score (nSPS) is 19.8. The number of hydrogen-bond acceptors (Lipinski definition) is 7. The molecule has 0 spiro atoms. The molecule has 5 atom stereocenters. The Bertz CT molecular complexity index is 1010. The Morgan fingerprint density at radius 3 is 2.41 bits per heavy atom. The zero-order chi connectivity index (χ0) is 29.3. The first-order valence-electron chi connectivity index (χ1n) is 14.0. The van der Waals surface area contributed by atoms with E-state index in [-0.39, 0.29) is 35.1 Å². The van der Waals surface area contributed by atoms with Crippen molar-refractivity contribution in [1.82, 2.24) is 0 Å². The zero-order valence-electron chi connectivity index (χ0n) is 25.1. The molecule has 1 heterocycles. The summed E-state index contributed by atoms with van der Waals surface area (Å²) >= 11 is 0. The van der Waals surface area contributed by atoms with Gasteiger partial charge < -0.3 is 18.9 Å². The number of esters is 2. The summed E-state index contributed by atoms with van der Waals surface area (Å²) in [7, 11) is 1.66. The third-order valence-electron chi connectivity index (χ3n) is 7.43. The third-order valence-corrected chi connectivity index (χ3v) is 7.43. The highest BCUT2D eigenvalue weighted by molar-refractivity contribution is 5.75. The molecule has 218 valence electrons. The maximum atomic E-state index is 12.5. The van der Waals surface area contributed by atoms with Gasteiger partial charge in [-0.2, -0.15) is 0 Å². The molecule has 9 heteroatoms. The lowest BCUT2D eigenvalue weighted by Gasteiger charge is -2.33. The molecule has 0 unspecified atom stereocenters. The number of hydrogen-bond donors (Lipinski definition) is 0. The second-order valence-electron chi connectivity index (χ2n) is 12.2. The lowest BCUT2D eigenvalue weighted by atomic mass is 9.79. The Kier molecular flexibility index (Phi) is 12.1. The standard InChI is InChI=1S/C30H47N3O6/c1-18(2)22(16-25(32-33-31)27-17-23(19(3)4)29(35)39-27)28(38-20(5)34)21-11-12-24(30(6,7)8)26(15-21)37-14-10-13-36-9/h11-12,15,18-19,22-23,25,27-28H,10,13-14,16-17H2,1-9H3/t22-,23-,25-,27-,28-/m0/s1. The highest BCUT2D eigenvalue weighted by Gasteiger charge is 2.42. The van der Waals surface area contributed by atoms with Crippen LogP contribution in [-0.4, -0.2) is 44.4 Å². The van der Waals surface area contributed by atoms with Crippen LogP contribution in [0.25, 0.3) is 10.4 Å². The van der Waals surface area contributed by atoms with Gasteiger partial charge in [-0.05, 0) is 52.8 Å². The smallest absolute Gasteiger partial charge is 0.309 e. The van der Waals surface area contributed by atoms with Crippen molar-refractivity contribution in [3.63, 3.8) is 0 Å². The fraction of sp³-hybridized carbons (Fsp3) is 0.733. The van der Waals surface area contributed by atoms with Crippen LogP contribution in [0.4, 0.5) is 0 Å². The molecule has 39 heavy (non-hydrogen) atoms. The number of ether oxygens (including phenoxy) is 4. The highest BCUT2D eigenvalue weighted by atomic mass is 16.6. The summed E-state index contributed by atoms with van der Waals surface area (Å²) in [6.45, 7) is 17.0. The maximum Gasteiger partial charge on any atom is 0.309 e. The van der Waals surface area contributed by atoms with Gasteiger partial charge in [-0.1, -0.05) is 65.7 Å². The first kappa shape index (κ1) is 32.4. The van der Waals surface area contributed by atoms with Gasteiger partial charge in [0.25, 0.3) is 0 Å². The van der Waals surface area contributed by atoms with Crippen LogP contribution in [-0.2, 0) is 29.2 Å². The first-order chi connectivity index (χ1) is 18.3. The predicted molar refractivity (Wildman–Crippen MR) is 150 cm³/mol. The molecule has 0 bridgehead atoms. The molecule has 0 radical (unpaired) electrons.